The monoisotopic (exact) mass is 254 g/mol. The number of carbonyl (C=O) groups excluding carboxylic acids is 1. The molecule has 1 saturated heterocycles. The molecule has 92 valence electrons. The number of hydrogen-bond acceptors (Lipinski definition) is 4. The highest BCUT2D eigenvalue weighted by Gasteiger charge is 2.21. The first-order valence-corrected chi connectivity index (χ1v) is 6.19. The van der Waals surface area contributed by atoms with Gasteiger partial charge in [0.2, 0.25) is 0 Å². The van der Waals surface area contributed by atoms with E-state index in [0.717, 1.165) is 32.7 Å². The zero-order chi connectivity index (χ0) is 12.1. The lowest BCUT2D eigenvalue weighted by Gasteiger charge is -2.34. The summed E-state index contributed by atoms with van der Waals surface area (Å²) in [6.45, 7) is 4.16. The van der Waals surface area contributed by atoms with Crippen LogP contribution in [-0.2, 0) is 0 Å². The molecule has 1 fully saturated rings. The van der Waals surface area contributed by atoms with Crippen molar-refractivity contribution in [3.8, 4) is 0 Å². The first kappa shape index (κ1) is 12.3. The molecule has 0 unspecified atom stereocenters. The number of amides is 1. The number of rotatable bonds is 3. The molecule has 1 aliphatic heterocycles. The second-order valence-corrected chi connectivity index (χ2v) is 4.33. The van der Waals surface area contributed by atoms with Gasteiger partial charge in [-0.1, -0.05) is 0 Å². The van der Waals surface area contributed by atoms with E-state index in [1.54, 1.807) is 6.07 Å². The summed E-state index contributed by atoms with van der Waals surface area (Å²) in [4.78, 5) is 16.2. The Morgan fingerprint density at radius 2 is 2.06 bits per heavy atom. The van der Waals surface area contributed by atoms with Gasteiger partial charge in [-0.15, -0.1) is 11.6 Å². The van der Waals surface area contributed by atoms with Gasteiger partial charge in [0.25, 0.3) is 5.91 Å². The van der Waals surface area contributed by atoms with Gasteiger partial charge in [0.15, 0.2) is 0 Å². The van der Waals surface area contributed by atoms with Crippen LogP contribution < -0.4 is 0 Å². The molecule has 5 nitrogen and oxygen atoms in total. The van der Waals surface area contributed by atoms with Crippen molar-refractivity contribution < 1.29 is 4.79 Å². The highest BCUT2D eigenvalue weighted by atomic mass is 35.5. The zero-order valence-corrected chi connectivity index (χ0v) is 10.3. The zero-order valence-electron chi connectivity index (χ0n) is 9.55. The standard InChI is InChI=1S/C11H15ClN4O/c12-2-4-15-5-7-16(8-6-15)11(17)10-1-3-13-14-9-10/h1,3,9H,2,4-8H2. The van der Waals surface area contributed by atoms with Crippen LogP contribution in [0, 0.1) is 0 Å². The average molecular weight is 255 g/mol. The molecule has 0 aromatic carbocycles. The van der Waals surface area contributed by atoms with Crippen LogP contribution in [0.2, 0.25) is 0 Å². The first-order valence-electron chi connectivity index (χ1n) is 5.65. The summed E-state index contributed by atoms with van der Waals surface area (Å²) in [7, 11) is 0. The van der Waals surface area contributed by atoms with E-state index in [1.165, 1.54) is 12.4 Å². The van der Waals surface area contributed by atoms with Gasteiger partial charge < -0.3 is 4.90 Å². The number of halogens is 1. The van der Waals surface area contributed by atoms with E-state index in [0.29, 0.717) is 11.4 Å². The lowest BCUT2D eigenvalue weighted by Crippen LogP contribution is -2.49. The molecule has 6 heteroatoms. The molecule has 2 rings (SSSR count). The summed E-state index contributed by atoms with van der Waals surface area (Å²) in [5, 5.41) is 7.39. The number of aromatic nitrogens is 2. The fourth-order valence-corrected chi connectivity index (χ4v) is 2.13. The smallest absolute Gasteiger partial charge is 0.255 e. The summed E-state index contributed by atoms with van der Waals surface area (Å²) in [6.07, 6.45) is 3.05. The molecule has 0 bridgehead atoms. The topological polar surface area (TPSA) is 49.3 Å². The van der Waals surface area contributed by atoms with Gasteiger partial charge in [-0.25, -0.2) is 0 Å². The normalized spacial score (nSPS) is 17.1. The fourth-order valence-electron chi connectivity index (χ4n) is 1.89. The summed E-state index contributed by atoms with van der Waals surface area (Å²) in [6, 6.07) is 1.69. The first-order chi connectivity index (χ1) is 8.31. The highest BCUT2D eigenvalue weighted by molar-refractivity contribution is 6.18. The van der Waals surface area contributed by atoms with Gasteiger partial charge in [-0.05, 0) is 6.07 Å². The number of nitrogens with zero attached hydrogens (tertiary/aromatic N) is 4. The van der Waals surface area contributed by atoms with Gasteiger partial charge in [0.1, 0.15) is 0 Å². The molecule has 2 heterocycles. The molecular weight excluding hydrogens is 240 g/mol. The number of hydrogen-bond donors (Lipinski definition) is 0. The van der Waals surface area contributed by atoms with Crippen molar-refractivity contribution in [2.45, 2.75) is 0 Å². The van der Waals surface area contributed by atoms with Crippen LogP contribution in [0.4, 0.5) is 0 Å². The third-order valence-corrected chi connectivity index (χ3v) is 3.06. The maximum atomic E-state index is 12.1. The third kappa shape index (κ3) is 3.14. The van der Waals surface area contributed by atoms with E-state index in [1.807, 2.05) is 4.90 Å². The Morgan fingerprint density at radius 3 is 2.65 bits per heavy atom. The van der Waals surface area contributed by atoms with Crippen LogP contribution in [0.1, 0.15) is 10.4 Å². The molecular formula is C11H15ClN4O. The predicted molar refractivity (Wildman–Crippen MR) is 65.1 cm³/mol. The molecule has 0 aliphatic carbocycles. The molecule has 0 atom stereocenters. The van der Waals surface area contributed by atoms with Crippen molar-refractivity contribution in [3.05, 3.63) is 24.0 Å². The third-order valence-electron chi connectivity index (χ3n) is 2.89. The van der Waals surface area contributed by atoms with E-state index >= 15 is 0 Å². The summed E-state index contributed by atoms with van der Waals surface area (Å²) < 4.78 is 0. The van der Waals surface area contributed by atoms with E-state index < -0.39 is 0 Å². The number of carbonyl (C=O) groups is 1. The predicted octanol–water partition coefficient (Wildman–Crippen LogP) is 0.473. The largest absolute Gasteiger partial charge is 0.336 e. The van der Waals surface area contributed by atoms with E-state index in [4.69, 9.17) is 11.6 Å². The molecule has 17 heavy (non-hydrogen) atoms. The molecule has 1 amide bonds. The van der Waals surface area contributed by atoms with Gasteiger partial charge >= 0.3 is 0 Å². The second-order valence-electron chi connectivity index (χ2n) is 3.95. The summed E-state index contributed by atoms with van der Waals surface area (Å²) >= 11 is 5.69. The minimum Gasteiger partial charge on any atom is -0.336 e. The van der Waals surface area contributed by atoms with Crippen LogP contribution >= 0.6 is 11.6 Å². The molecule has 0 saturated carbocycles. The minimum absolute atomic E-state index is 0.0328. The van der Waals surface area contributed by atoms with Gasteiger partial charge in [-0.2, -0.15) is 10.2 Å². The Kier molecular flexibility index (Phi) is 4.28. The SMILES string of the molecule is O=C(c1ccnnc1)N1CCN(CCCl)CC1. The van der Waals surface area contributed by atoms with E-state index in [-0.39, 0.29) is 5.91 Å². The van der Waals surface area contributed by atoms with Crippen molar-refractivity contribution in [1.29, 1.82) is 0 Å². The van der Waals surface area contributed by atoms with Crippen molar-refractivity contribution in [2.24, 2.45) is 0 Å². The lowest BCUT2D eigenvalue weighted by atomic mass is 10.2. The van der Waals surface area contributed by atoms with Gasteiger partial charge in [-0.3, -0.25) is 9.69 Å². The van der Waals surface area contributed by atoms with Crippen molar-refractivity contribution >= 4 is 17.5 Å². The molecule has 0 radical (unpaired) electrons. The van der Waals surface area contributed by atoms with Crippen LogP contribution in [0.15, 0.2) is 18.5 Å². The van der Waals surface area contributed by atoms with Crippen LogP contribution in [0.25, 0.3) is 0 Å². The van der Waals surface area contributed by atoms with Crippen molar-refractivity contribution in [3.63, 3.8) is 0 Å². The fraction of sp³-hybridized carbons (Fsp3) is 0.545. The molecule has 0 N–H and O–H groups in total. The molecule has 1 aliphatic rings. The number of piperazine rings is 1. The van der Waals surface area contributed by atoms with Crippen LogP contribution in [-0.4, -0.2) is 64.5 Å². The maximum absolute atomic E-state index is 12.1. The molecule has 0 spiro atoms. The van der Waals surface area contributed by atoms with Crippen LogP contribution in [0.3, 0.4) is 0 Å². The second kappa shape index (κ2) is 5.93. The van der Waals surface area contributed by atoms with E-state index in [2.05, 4.69) is 15.1 Å². The molecule has 1 aromatic heterocycles. The average Bonchev–Trinajstić information content (AvgIpc) is 2.40. The van der Waals surface area contributed by atoms with Crippen LogP contribution in [0.5, 0.6) is 0 Å². The Balaban J connectivity index is 1.91. The Hall–Kier alpha value is -1.20. The van der Waals surface area contributed by atoms with E-state index in [9.17, 15) is 4.79 Å². The lowest BCUT2D eigenvalue weighted by molar-refractivity contribution is 0.0643. The Morgan fingerprint density at radius 1 is 1.29 bits per heavy atom. The van der Waals surface area contributed by atoms with Gasteiger partial charge in [0, 0.05) is 38.6 Å². The Labute approximate surface area is 105 Å². The Bertz CT molecular complexity index is 365. The number of alkyl halides is 1. The summed E-state index contributed by atoms with van der Waals surface area (Å²) in [5.74, 6) is 0.674. The van der Waals surface area contributed by atoms with Crippen molar-refractivity contribution in [1.82, 2.24) is 20.0 Å². The van der Waals surface area contributed by atoms with Gasteiger partial charge in [0.05, 0.1) is 18.0 Å². The highest BCUT2D eigenvalue weighted by Crippen LogP contribution is 2.07. The maximum Gasteiger partial charge on any atom is 0.255 e. The van der Waals surface area contributed by atoms with Crippen molar-refractivity contribution in [2.75, 3.05) is 38.6 Å². The quantitative estimate of drug-likeness (QED) is 0.736. The minimum atomic E-state index is 0.0328. The molecule has 1 aromatic rings. The summed E-state index contributed by atoms with van der Waals surface area (Å²) in [5.41, 5.74) is 0.603.